The Bertz CT molecular complexity index is 1640. The molecule has 79 heavy (non-hydrogen) atoms. The molecule has 450 valence electrons. The molecule has 0 saturated heterocycles. The number of hydrogen-bond acceptors (Lipinski definition) is 6. The van der Waals surface area contributed by atoms with Gasteiger partial charge in [-0.05, 0) is 116 Å². The van der Waals surface area contributed by atoms with Crippen LogP contribution in [0.4, 0.5) is 0 Å². The van der Waals surface area contributed by atoms with E-state index in [1.165, 1.54) is 135 Å². The standard InChI is InChI=1S/C73H122O6/c1-4-7-10-13-16-18-20-22-24-26-28-29-30-31-32-33-34-35-36-37-38-39-40-41-42-43-45-46-48-50-52-54-57-60-63-66-72(75)78-69-70(68-77-71(74)65-62-59-56-15-12-9-6-3)79-73(76)67-64-61-58-55-53-51-49-47-44-27-25-23-21-19-17-14-11-8-5-2/h7,10,16-19,22-25,28-29,31-32,34-35,37-38,44,47,70H,4-6,8-9,11-15,20-21,26-27,30,33,36,39-43,45-46,48-69H2,1-3H3/b10-7-,18-16-,19-17-,24-22-,25-23-,29-28-,32-31-,35-34-,38-37-,47-44-. The first-order chi connectivity index (χ1) is 39.0. The predicted octanol–water partition coefficient (Wildman–Crippen LogP) is 22.8. The first-order valence-corrected chi connectivity index (χ1v) is 33.0. The van der Waals surface area contributed by atoms with Crippen molar-refractivity contribution >= 4 is 17.9 Å². The SMILES string of the molecule is CC/C=C\C/C=C\C/C=C\C/C=C\C/C=C\C/C=C\C/C=C\CCCCCCCCCCCCCCCC(=O)OCC(COC(=O)CCCCCCCCC)OC(=O)CCCCCCCC/C=C\C/C=C\C/C=C\CCCCC. The Labute approximate surface area is 488 Å². The zero-order valence-electron chi connectivity index (χ0n) is 51.6. The van der Waals surface area contributed by atoms with E-state index in [2.05, 4.69) is 142 Å². The van der Waals surface area contributed by atoms with Crippen LogP contribution in [-0.4, -0.2) is 37.2 Å². The van der Waals surface area contributed by atoms with E-state index in [-0.39, 0.29) is 31.1 Å². The molecule has 0 aliphatic rings. The number of hydrogen-bond donors (Lipinski definition) is 0. The lowest BCUT2D eigenvalue weighted by atomic mass is 10.0. The van der Waals surface area contributed by atoms with Gasteiger partial charge in [0, 0.05) is 19.3 Å². The molecule has 1 atom stereocenters. The predicted molar refractivity (Wildman–Crippen MR) is 343 cm³/mol. The van der Waals surface area contributed by atoms with Gasteiger partial charge in [-0.1, -0.05) is 290 Å². The minimum atomic E-state index is -0.784. The van der Waals surface area contributed by atoms with E-state index in [1.807, 2.05) is 0 Å². The molecule has 0 aromatic rings. The molecule has 0 rings (SSSR count). The van der Waals surface area contributed by atoms with E-state index in [0.717, 1.165) is 128 Å². The van der Waals surface area contributed by atoms with E-state index in [1.54, 1.807) is 0 Å². The van der Waals surface area contributed by atoms with Gasteiger partial charge in [0.2, 0.25) is 0 Å². The van der Waals surface area contributed by atoms with Crippen LogP contribution in [0.15, 0.2) is 122 Å². The number of esters is 3. The van der Waals surface area contributed by atoms with Crippen LogP contribution in [0.2, 0.25) is 0 Å². The fraction of sp³-hybridized carbons (Fsp3) is 0.685. The molecule has 0 radical (unpaired) electrons. The molecular weight excluding hydrogens is 973 g/mol. The molecule has 0 amide bonds. The highest BCUT2D eigenvalue weighted by atomic mass is 16.6. The Kier molecular flexibility index (Phi) is 62.8. The Morgan fingerprint density at radius 3 is 0.797 bits per heavy atom. The van der Waals surface area contributed by atoms with Gasteiger partial charge in [-0.3, -0.25) is 14.4 Å². The maximum Gasteiger partial charge on any atom is 0.306 e. The van der Waals surface area contributed by atoms with E-state index < -0.39 is 6.10 Å². The highest BCUT2D eigenvalue weighted by Crippen LogP contribution is 2.16. The first-order valence-electron chi connectivity index (χ1n) is 33.0. The molecule has 6 heteroatoms. The van der Waals surface area contributed by atoms with Gasteiger partial charge in [-0.15, -0.1) is 0 Å². The van der Waals surface area contributed by atoms with Crippen LogP contribution in [0.3, 0.4) is 0 Å². The lowest BCUT2D eigenvalue weighted by molar-refractivity contribution is -0.167. The summed E-state index contributed by atoms with van der Waals surface area (Å²) in [7, 11) is 0. The van der Waals surface area contributed by atoms with Crippen LogP contribution >= 0.6 is 0 Å². The molecule has 0 fully saturated rings. The van der Waals surface area contributed by atoms with Crippen LogP contribution in [0.25, 0.3) is 0 Å². The number of carbonyl (C=O) groups is 3. The quantitative estimate of drug-likeness (QED) is 0.0261. The highest BCUT2D eigenvalue weighted by Gasteiger charge is 2.19. The summed E-state index contributed by atoms with van der Waals surface area (Å²) in [6, 6.07) is 0. The van der Waals surface area contributed by atoms with Crippen molar-refractivity contribution in [1.82, 2.24) is 0 Å². The summed E-state index contributed by atoms with van der Waals surface area (Å²) >= 11 is 0. The third kappa shape index (κ3) is 64.5. The third-order valence-electron chi connectivity index (χ3n) is 14.0. The molecule has 1 unspecified atom stereocenters. The number of allylic oxidation sites excluding steroid dienone is 20. The Balaban J connectivity index is 4.09. The van der Waals surface area contributed by atoms with Crippen LogP contribution < -0.4 is 0 Å². The molecule has 0 aliphatic heterocycles. The minimum absolute atomic E-state index is 0.0826. The maximum absolute atomic E-state index is 12.8. The summed E-state index contributed by atoms with van der Waals surface area (Å²) in [4.78, 5) is 38.1. The molecule has 0 spiro atoms. The smallest absolute Gasteiger partial charge is 0.306 e. The van der Waals surface area contributed by atoms with Gasteiger partial charge < -0.3 is 14.2 Å². The van der Waals surface area contributed by atoms with Gasteiger partial charge in [0.1, 0.15) is 13.2 Å². The summed E-state index contributed by atoms with van der Waals surface area (Å²) < 4.78 is 16.8. The van der Waals surface area contributed by atoms with Crippen molar-refractivity contribution < 1.29 is 28.6 Å². The first kappa shape index (κ1) is 74.8. The second-order valence-electron chi connectivity index (χ2n) is 21.6. The van der Waals surface area contributed by atoms with Crippen LogP contribution in [0.5, 0.6) is 0 Å². The van der Waals surface area contributed by atoms with Crippen molar-refractivity contribution in [3.05, 3.63) is 122 Å². The summed E-state index contributed by atoms with van der Waals surface area (Å²) in [5.41, 5.74) is 0. The Hall–Kier alpha value is -4.19. The van der Waals surface area contributed by atoms with Gasteiger partial charge in [0.05, 0.1) is 0 Å². The van der Waals surface area contributed by atoms with Crippen LogP contribution in [-0.2, 0) is 28.6 Å². The lowest BCUT2D eigenvalue weighted by Crippen LogP contribution is -2.30. The molecule has 0 aromatic heterocycles. The van der Waals surface area contributed by atoms with Crippen LogP contribution in [0.1, 0.15) is 303 Å². The topological polar surface area (TPSA) is 78.9 Å². The highest BCUT2D eigenvalue weighted by molar-refractivity contribution is 5.71. The lowest BCUT2D eigenvalue weighted by Gasteiger charge is -2.18. The van der Waals surface area contributed by atoms with E-state index >= 15 is 0 Å². The third-order valence-corrected chi connectivity index (χ3v) is 14.0. The summed E-state index contributed by atoms with van der Waals surface area (Å²) in [6.45, 7) is 6.46. The number of rotatable bonds is 59. The van der Waals surface area contributed by atoms with Crippen molar-refractivity contribution in [2.75, 3.05) is 13.2 Å². The van der Waals surface area contributed by atoms with Crippen molar-refractivity contribution in [2.24, 2.45) is 0 Å². The van der Waals surface area contributed by atoms with Crippen molar-refractivity contribution in [1.29, 1.82) is 0 Å². The van der Waals surface area contributed by atoms with Gasteiger partial charge in [-0.2, -0.15) is 0 Å². The monoisotopic (exact) mass is 1090 g/mol. The fourth-order valence-electron chi connectivity index (χ4n) is 9.02. The number of ether oxygens (including phenoxy) is 3. The zero-order valence-corrected chi connectivity index (χ0v) is 51.6. The van der Waals surface area contributed by atoms with Crippen molar-refractivity contribution in [3.8, 4) is 0 Å². The maximum atomic E-state index is 12.8. The molecular formula is C73H122O6. The van der Waals surface area contributed by atoms with E-state index in [9.17, 15) is 14.4 Å². The minimum Gasteiger partial charge on any atom is -0.462 e. The zero-order chi connectivity index (χ0) is 57.1. The summed E-state index contributed by atoms with van der Waals surface area (Å²) in [5, 5.41) is 0. The summed E-state index contributed by atoms with van der Waals surface area (Å²) in [5.74, 6) is -0.898. The number of unbranched alkanes of at least 4 members (excludes halogenated alkanes) is 28. The second-order valence-corrected chi connectivity index (χ2v) is 21.6. The van der Waals surface area contributed by atoms with Crippen molar-refractivity contribution in [3.63, 3.8) is 0 Å². The molecule has 0 saturated carbocycles. The Morgan fingerprint density at radius 1 is 0.266 bits per heavy atom. The van der Waals surface area contributed by atoms with E-state index in [4.69, 9.17) is 14.2 Å². The molecule has 0 bridgehead atoms. The van der Waals surface area contributed by atoms with Crippen LogP contribution in [0, 0.1) is 0 Å². The van der Waals surface area contributed by atoms with E-state index in [0.29, 0.717) is 19.3 Å². The largest absolute Gasteiger partial charge is 0.462 e. The molecule has 0 N–H and O–H groups in total. The molecule has 0 aromatic carbocycles. The second kappa shape index (κ2) is 66.3. The average molecular weight is 1100 g/mol. The Morgan fingerprint density at radius 2 is 0.494 bits per heavy atom. The van der Waals surface area contributed by atoms with Gasteiger partial charge in [-0.25, -0.2) is 0 Å². The van der Waals surface area contributed by atoms with Gasteiger partial charge in [0.15, 0.2) is 6.10 Å². The van der Waals surface area contributed by atoms with Crippen molar-refractivity contribution in [2.45, 2.75) is 309 Å². The molecule has 6 nitrogen and oxygen atoms in total. The average Bonchev–Trinajstić information content (AvgIpc) is 3.45. The normalized spacial score (nSPS) is 12.9. The van der Waals surface area contributed by atoms with Gasteiger partial charge in [0.25, 0.3) is 0 Å². The summed E-state index contributed by atoms with van der Waals surface area (Å²) in [6.07, 6.45) is 92.4. The molecule has 0 heterocycles. The molecule has 0 aliphatic carbocycles. The number of carbonyl (C=O) groups excluding carboxylic acids is 3. The van der Waals surface area contributed by atoms with Gasteiger partial charge >= 0.3 is 17.9 Å². The fourth-order valence-corrected chi connectivity index (χ4v) is 9.02.